The lowest BCUT2D eigenvalue weighted by Crippen LogP contribution is -1.98. The van der Waals surface area contributed by atoms with Crippen molar-refractivity contribution in [1.29, 1.82) is 10.5 Å². The van der Waals surface area contributed by atoms with Crippen LogP contribution in [0.25, 0.3) is 93.6 Å². The third-order valence-corrected chi connectivity index (χ3v) is 11.1. The predicted molar refractivity (Wildman–Crippen MR) is 224 cm³/mol. The van der Waals surface area contributed by atoms with Gasteiger partial charge in [-0.25, -0.2) is 0 Å². The number of aromatic nitrogens is 3. The fourth-order valence-corrected chi connectivity index (χ4v) is 8.70. The van der Waals surface area contributed by atoms with Crippen LogP contribution in [-0.4, -0.2) is 13.7 Å². The van der Waals surface area contributed by atoms with E-state index in [-0.39, 0.29) is 0 Å². The van der Waals surface area contributed by atoms with Gasteiger partial charge in [-0.1, -0.05) is 97.1 Å². The number of nitriles is 2. The SMILES string of the molecule is N#Cc1ccc2c(c1)c1ccccc1n2-c1ccc(-c2ccc(-n3c4ccccc4c4ccc(-n5c6ccccc6c6ccccc65)cc43)cc2)c(C#N)c1. The molecule has 0 saturated heterocycles. The van der Waals surface area contributed by atoms with Crippen LogP contribution in [0.5, 0.6) is 0 Å². The average Bonchev–Trinajstić information content (AvgIpc) is 3.88. The summed E-state index contributed by atoms with van der Waals surface area (Å²) in [6, 6.07) is 66.0. The van der Waals surface area contributed by atoms with Crippen molar-refractivity contribution in [3.05, 3.63) is 187 Å². The second-order valence-electron chi connectivity index (χ2n) is 14.0. The van der Waals surface area contributed by atoms with Gasteiger partial charge in [-0.2, -0.15) is 10.5 Å². The lowest BCUT2D eigenvalue weighted by Gasteiger charge is -2.13. The molecule has 0 bridgehead atoms. The van der Waals surface area contributed by atoms with E-state index >= 15 is 0 Å². The summed E-state index contributed by atoms with van der Waals surface area (Å²) in [5, 5.41) is 27.0. The molecular formula is C50H29N5. The Morgan fingerprint density at radius 2 is 0.782 bits per heavy atom. The molecule has 0 amide bonds. The first-order chi connectivity index (χ1) is 27.2. The molecule has 0 saturated carbocycles. The van der Waals surface area contributed by atoms with Gasteiger partial charge in [0.25, 0.3) is 0 Å². The molecule has 254 valence electrons. The van der Waals surface area contributed by atoms with Gasteiger partial charge < -0.3 is 13.7 Å². The van der Waals surface area contributed by atoms with E-state index < -0.39 is 0 Å². The Kier molecular flexibility index (Phi) is 6.61. The lowest BCUT2D eigenvalue weighted by molar-refractivity contribution is 1.15. The largest absolute Gasteiger partial charge is 0.309 e. The normalized spacial score (nSPS) is 11.6. The van der Waals surface area contributed by atoms with Crippen LogP contribution in [0.4, 0.5) is 0 Å². The van der Waals surface area contributed by atoms with E-state index in [1.165, 1.54) is 32.6 Å². The summed E-state index contributed by atoms with van der Waals surface area (Å²) in [5.74, 6) is 0. The second-order valence-corrected chi connectivity index (χ2v) is 14.0. The van der Waals surface area contributed by atoms with Gasteiger partial charge in [0, 0.05) is 49.4 Å². The topological polar surface area (TPSA) is 62.4 Å². The quantitative estimate of drug-likeness (QED) is 0.184. The Bertz CT molecular complexity index is 3400. The van der Waals surface area contributed by atoms with Crippen molar-refractivity contribution < 1.29 is 0 Å². The van der Waals surface area contributed by atoms with Crippen LogP contribution >= 0.6 is 0 Å². The van der Waals surface area contributed by atoms with Crippen LogP contribution in [0.15, 0.2) is 176 Å². The maximum Gasteiger partial charge on any atom is 0.0998 e. The Balaban J connectivity index is 1.04. The van der Waals surface area contributed by atoms with E-state index in [0.29, 0.717) is 11.1 Å². The molecule has 0 aliphatic rings. The highest BCUT2D eigenvalue weighted by atomic mass is 15.0. The van der Waals surface area contributed by atoms with Gasteiger partial charge in [0.05, 0.1) is 56.4 Å². The monoisotopic (exact) mass is 699 g/mol. The minimum Gasteiger partial charge on any atom is -0.309 e. The highest BCUT2D eigenvalue weighted by molar-refractivity contribution is 6.12. The van der Waals surface area contributed by atoms with E-state index in [1.54, 1.807) is 0 Å². The number of hydrogen-bond acceptors (Lipinski definition) is 2. The number of benzene rings is 8. The molecule has 0 aliphatic carbocycles. The number of para-hydroxylation sites is 4. The van der Waals surface area contributed by atoms with Crippen LogP contribution in [-0.2, 0) is 0 Å². The standard InChI is InChI=1S/C50H29N5/c51-30-32-17-26-49-44(27-32)42-12-4-8-16-48(42)54(49)36-22-24-38(34(28-36)31-52)33-18-20-35(21-19-33)53-45-13-5-3-11-41(45)43-25-23-37(29-50(43)53)55-46-14-6-1-9-39(46)40-10-2-7-15-47(40)55/h1-29H. The average molecular weight is 700 g/mol. The smallest absolute Gasteiger partial charge is 0.0998 e. The molecule has 0 unspecified atom stereocenters. The molecule has 0 aliphatic heterocycles. The van der Waals surface area contributed by atoms with Crippen molar-refractivity contribution in [2.45, 2.75) is 0 Å². The molecule has 8 aromatic carbocycles. The Labute approximate surface area is 316 Å². The summed E-state index contributed by atoms with van der Waals surface area (Å²) < 4.78 is 6.89. The maximum atomic E-state index is 10.5. The summed E-state index contributed by atoms with van der Waals surface area (Å²) >= 11 is 0. The molecule has 0 radical (unpaired) electrons. The molecule has 11 rings (SSSR count). The number of rotatable bonds is 4. The molecule has 3 aromatic heterocycles. The van der Waals surface area contributed by atoms with Crippen LogP contribution in [0.3, 0.4) is 0 Å². The summed E-state index contributed by atoms with van der Waals surface area (Å²) in [4.78, 5) is 0. The molecule has 0 atom stereocenters. The van der Waals surface area contributed by atoms with Gasteiger partial charge in [-0.15, -0.1) is 0 Å². The van der Waals surface area contributed by atoms with Gasteiger partial charge in [0.2, 0.25) is 0 Å². The fourth-order valence-electron chi connectivity index (χ4n) is 8.70. The van der Waals surface area contributed by atoms with Gasteiger partial charge in [0.1, 0.15) is 0 Å². The predicted octanol–water partition coefficient (Wildman–Crippen LogP) is 12.4. The van der Waals surface area contributed by atoms with E-state index in [0.717, 1.165) is 61.0 Å². The molecule has 55 heavy (non-hydrogen) atoms. The van der Waals surface area contributed by atoms with Crippen LogP contribution in [0.2, 0.25) is 0 Å². The van der Waals surface area contributed by atoms with Crippen LogP contribution in [0.1, 0.15) is 11.1 Å². The molecular weight excluding hydrogens is 671 g/mol. The van der Waals surface area contributed by atoms with Gasteiger partial charge in [-0.05, 0) is 90.0 Å². The van der Waals surface area contributed by atoms with E-state index in [2.05, 4.69) is 159 Å². The molecule has 11 aromatic rings. The lowest BCUT2D eigenvalue weighted by atomic mass is 9.99. The highest BCUT2D eigenvalue weighted by Crippen LogP contribution is 2.38. The van der Waals surface area contributed by atoms with Gasteiger partial charge in [0.15, 0.2) is 0 Å². The number of nitrogens with zero attached hydrogens (tertiary/aromatic N) is 5. The van der Waals surface area contributed by atoms with Crippen LogP contribution in [0, 0.1) is 22.7 Å². The van der Waals surface area contributed by atoms with E-state index in [1.807, 2.05) is 42.5 Å². The fraction of sp³-hybridized carbons (Fsp3) is 0. The van der Waals surface area contributed by atoms with Crippen molar-refractivity contribution in [1.82, 2.24) is 13.7 Å². The molecule has 5 nitrogen and oxygen atoms in total. The molecule has 3 heterocycles. The summed E-state index contributed by atoms with van der Waals surface area (Å²) in [7, 11) is 0. The number of hydrogen-bond donors (Lipinski definition) is 0. The Morgan fingerprint density at radius 3 is 1.35 bits per heavy atom. The molecule has 0 fully saturated rings. The zero-order valence-corrected chi connectivity index (χ0v) is 29.5. The van der Waals surface area contributed by atoms with Crippen molar-refractivity contribution in [2.24, 2.45) is 0 Å². The first-order valence-corrected chi connectivity index (χ1v) is 18.3. The highest BCUT2D eigenvalue weighted by Gasteiger charge is 2.18. The minimum absolute atomic E-state index is 0.595. The van der Waals surface area contributed by atoms with Crippen molar-refractivity contribution in [3.8, 4) is 40.3 Å². The first-order valence-electron chi connectivity index (χ1n) is 18.3. The molecule has 5 heteroatoms. The minimum atomic E-state index is 0.595. The third-order valence-electron chi connectivity index (χ3n) is 11.1. The summed E-state index contributed by atoms with van der Waals surface area (Å²) in [6.45, 7) is 0. The molecule has 0 N–H and O–H groups in total. The Morgan fingerprint density at radius 1 is 0.327 bits per heavy atom. The van der Waals surface area contributed by atoms with Crippen molar-refractivity contribution in [2.75, 3.05) is 0 Å². The van der Waals surface area contributed by atoms with Crippen LogP contribution < -0.4 is 0 Å². The first kappa shape index (κ1) is 30.7. The van der Waals surface area contributed by atoms with Gasteiger partial charge in [-0.3, -0.25) is 0 Å². The van der Waals surface area contributed by atoms with Crippen molar-refractivity contribution in [3.63, 3.8) is 0 Å². The van der Waals surface area contributed by atoms with Crippen molar-refractivity contribution >= 4 is 65.4 Å². The van der Waals surface area contributed by atoms with E-state index in [4.69, 9.17) is 0 Å². The second kappa shape index (κ2) is 11.8. The summed E-state index contributed by atoms with van der Waals surface area (Å²) in [5.41, 5.74) is 12.8. The van der Waals surface area contributed by atoms with E-state index in [9.17, 15) is 10.5 Å². The Hall–Kier alpha value is -7.86. The number of fused-ring (bicyclic) bond motifs is 9. The third kappa shape index (κ3) is 4.51. The molecule has 0 spiro atoms. The zero-order valence-electron chi connectivity index (χ0n) is 29.5. The van der Waals surface area contributed by atoms with Gasteiger partial charge >= 0.3 is 0 Å². The summed E-state index contributed by atoms with van der Waals surface area (Å²) in [6.07, 6.45) is 0. The maximum absolute atomic E-state index is 10.5. The zero-order chi connectivity index (χ0) is 36.6.